The normalized spacial score (nSPS) is 14.6. The molecule has 0 aromatic rings. The number of aliphatic hydroxyl groups is 1. The van der Waals surface area contributed by atoms with Gasteiger partial charge in [-0.25, -0.2) is 4.72 Å². The molecule has 1 atom stereocenters. The fourth-order valence-electron chi connectivity index (χ4n) is 0.718. The fraction of sp³-hybridized carbons (Fsp3) is 1.00. The average molecular weight is 224 g/mol. The lowest BCUT2D eigenvalue weighted by Gasteiger charge is -2.15. The largest absolute Gasteiger partial charge is 0.391 e. The molecule has 0 aromatic carbocycles. The zero-order valence-electron chi connectivity index (χ0n) is 8.95. The zero-order valence-corrected chi connectivity index (χ0v) is 9.76. The van der Waals surface area contributed by atoms with Gasteiger partial charge in [-0.2, -0.15) is 13.1 Å². The maximum Gasteiger partial charge on any atom is 0.276 e. The fourth-order valence-corrected chi connectivity index (χ4v) is 1.68. The van der Waals surface area contributed by atoms with Gasteiger partial charge in [0.05, 0.1) is 6.10 Å². The Morgan fingerprint density at radius 3 is 2.29 bits per heavy atom. The monoisotopic (exact) mass is 224 g/mol. The number of nitrogens with one attached hydrogen (secondary N) is 2. The first kappa shape index (κ1) is 13.8. The number of rotatable bonds is 7. The molecular weight excluding hydrogens is 204 g/mol. The average Bonchev–Trinajstić information content (AvgIpc) is 2.11. The molecule has 0 bridgehead atoms. The maximum absolute atomic E-state index is 11.2. The van der Waals surface area contributed by atoms with Gasteiger partial charge >= 0.3 is 0 Å². The van der Waals surface area contributed by atoms with Gasteiger partial charge in [-0.1, -0.05) is 20.8 Å². The third-order valence-corrected chi connectivity index (χ3v) is 2.92. The SMILES string of the molecule is CCCNS(=O)(=O)NCC(O)C(C)C. The van der Waals surface area contributed by atoms with Crippen molar-refractivity contribution < 1.29 is 13.5 Å². The quantitative estimate of drug-likeness (QED) is 0.562. The van der Waals surface area contributed by atoms with Crippen molar-refractivity contribution in [1.82, 2.24) is 9.44 Å². The molecule has 0 aliphatic heterocycles. The van der Waals surface area contributed by atoms with Crippen molar-refractivity contribution in [2.24, 2.45) is 5.92 Å². The van der Waals surface area contributed by atoms with E-state index >= 15 is 0 Å². The summed E-state index contributed by atoms with van der Waals surface area (Å²) in [6.45, 7) is 6.01. The second kappa shape index (κ2) is 6.34. The van der Waals surface area contributed by atoms with Gasteiger partial charge in [-0.15, -0.1) is 0 Å². The number of hydrogen-bond acceptors (Lipinski definition) is 3. The lowest BCUT2D eigenvalue weighted by molar-refractivity contribution is 0.129. The van der Waals surface area contributed by atoms with Crippen LogP contribution >= 0.6 is 0 Å². The van der Waals surface area contributed by atoms with Gasteiger partial charge in [-0.05, 0) is 12.3 Å². The smallest absolute Gasteiger partial charge is 0.276 e. The Balaban J connectivity index is 3.87. The van der Waals surface area contributed by atoms with Crippen molar-refractivity contribution in [1.29, 1.82) is 0 Å². The highest BCUT2D eigenvalue weighted by atomic mass is 32.2. The Bertz CT molecular complexity index is 239. The molecular formula is C8H20N2O3S. The van der Waals surface area contributed by atoms with Crippen molar-refractivity contribution >= 4 is 10.2 Å². The van der Waals surface area contributed by atoms with Gasteiger partial charge in [-0.3, -0.25) is 0 Å². The zero-order chi connectivity index (χ0) is 11.2. The Hall–Kier alpha value is -0.170. The molecule has 0 aliphatic carbocycles. The summed E-state index contributed by atoms with van der Waals surface area (Å²) < 4.78 is 27.0. The van der Waals surface area contributed by atoms with E-state index in [-0.39, 0.29) is 12.5 Å². The highest BCUT2D eigenvalue weighted by molar-refractivity contribution is 7.87. The van der Waals surface area contributed by atoms with Crippen molar-refractivity contribution in [2.75, 3.05) is 13.1 Å². The second-order valence-corrected chi connectivity index (χ2v) is 5.14. The Labute approximate surface area is 86.1 Å². The summed E-state index contributed by atoms with van der Waals surface area (Å²) in [6, 6.07) is 0. The lowest BCUT2D eigenvalue weighted by atomic mass is 10.1. The highest BCUT2D eigenvalue weighted by Crippen LogP contribution is 1.99. The summed E-state index contributed by atoms with van der Waals surface area (Å²) in [6.07, 6.45) is 0.0985. The van der Waals surface area contributed by atoms with Crippen LogP contribution in [-0.4, -0.2) is 32.7 Å². The van der Waals surface area contributed by atoms with E-state index in [1.54, 1.807) is 0 Å². The summed E-state index contributed by atoms with van der Waals surface area (Å²) in [5, 5.41) is 9.36. The van der Waals surface area contributed by atoms with E-state index in [9.17, 15) is 13.5 Å². The topological polar surface area (TPSA) is 78.4 Å². The van der Waals surface area contributed by atoms with Crippen LogP contribution in [0.25, 0.3) is 0 Å². The molecule has 0 amide bonds. The molecule has 86 valence electrons. The van der Waals surface area contributed by atoms with Crippen LogP contribution in [0.1, 0.15) is 27.2 Å². The maximum atomic E-state index is 11.2. The standard InChI is InChI=1S/C8H20N2O3S/c1-4-5-9-14(12,13)10-6-8(11)7(2)3/h7-11H,4-6H2,1-3H3. The first-order valence-corrected chi connectivity index (χ1v) is 6.29. The van der Waals surface area contributed by atoms with Crippen molar-refractivity contribution in [2.45, 2.75) is 33.3 Å². The summed E-state index contributed by atoms with van der Waals surface area (Å²) in [5.74, 6) is 0.0453. The Morgan fingerprint density at radius 1 is 1.29 bits per heavy atom. The number of hydrogen-bond donors (Lipinski definition) is 3. The van der Waals surface area contributed by atoms with Gasteiger partial charge in [0.1, 0.15) is 0 Å². The van der Waals surface area contributed by atoms with Crippen LogP contribution in [0.5, 0.6) is 0 Å². The minimum absolute atomic E-state index is 0.0453. The summed E-state index contributed by atoms with van der Waals surface area (Å²) in [4.78, 5) is 0. The molecule has 0 spiro atoms. The molecule has 5 nitrogen and oxygen atoms in total. The predicted octanol–water partition coefficient (Wildman–Crippen LogP) is -0.163. The molecule has 3 N–H and O–H groups in total. The van der Waals surface area contributed by atoms with Gasteiger partial charge in [0.2, 0.25) is 0 Å². The Kier molecular flexibility index (Phi) is 6.26. The van der Waals surface area contributed by atoms with Crippen LogP contribution in [-0.2, 0) is 10.2 Å². The van der Waals surface area contributed by atoms with E-state index in [0.717, 1.165) is 6.42 Å². The van der Waals surface area contributed by atoms with Crippen LogP contribution in [0, 0.1) is 5.92 Å². The minimum Gasteiger partial charge on any atom is -0.391 e. The van der Waals surface area contributed by atoms with Gasteiger partial charge < -0.3 is 5.11 Å². The second-order valence-electron chi connectivity index (χ2n) is 3.56. The molecule has 1 unspecified atom stereocenters. The van der Waals surface area contributed by atoms with Crippen molar-refractivity contribution in [3.8, 4) is 0 Å². The summed E-state index contributed by atoms with van der Waals surface area (Å²) >= 11 is 0. The number of aliphatic hydroxyl groups excluding tert-OH is 1. The molecule has 0 aromatic heterocycles. The van der Waals surface area contributed by atoms with Crippen LogP contribution in [0.15, 0.2) is 0 Å². The first-order valence-electron chi connectivity index (χ1n) is 4.81. The van der Waals surface area contributed by atoms with E-state index in [4.69, 9.17) is 0 Å². The van der Waals surface area contributed by atoms with Gasteiger partial charge in [0, 0.05) is 13.1 Å². The summed E-state index contributed by atoms with van der Waals surface area (Å²) in [5.41, 5.74) is 0. The predicted molar refractivity (Wildman–Crippen MR) is 56.1 cm³/mol. The van der Waals surface area contributed by atoms with Crippen molar-refractivity contribution in [3.05, 3.63) is 0 Å². The molecule has 0 rings (SSSR count). The van der Waals surface area contributed by atoms with E-state index in [2.05, 4.69) is 9.44 Å². The first-order chi connectivity index (χ1) is 6.39. The third-order valence-electron chi connectivity index (χ3n) is 1.79. The molecule has 0 saturated carbocycles. The Morgan fingerprint density at radius 2 is 1.86 bits per heavy atom. The van der Waals surface area contributed by atoms with E-state index in [1.807, 2.05) is 20.8 Å². The molecule has 0 radical (unpaired) electrons. The van der Waals surface area contributed by atoms with Gasteiger partial charge in [0.15, 0.2) is 0 Å². The highest BCUT2D eigenvalue weighted by Gasteiger charge is 2.13. The molecule has 0 heterocycles. The molecule has 0 fully saturated rings. The van der Waals surface area contributed by atoms with Crippen LogP contribution in [0.3, 0.4) is 0 Å². The van der Waals surface area contributed by atoms with E-state index in [1.165, 1.54) is 0 Å². The van der Waals surface area contributed by atoms with Crippen LogP contribution in [0.2, 0.25) is 0 Å². The van der Waals surface area contributed by atoms with E-state index < -0.39 is 16.3 Å². The third kappa shape index (κ3) is 6.31. The van der Waals surface area contributed by atoms with Crippen LogP contribution < -0.4 is 9.44 Å². The van der Waals surface area contributed by atoms with E-state index in [0.29, 0.717) is 6.54 Å². The lowest BCUT2D eigenvalue weighted by Crippen LogP contribution is -2.41. The summed E-state index contributed by atoms with van der Waals surface area (Å²) in [7, 11) is -3.43. The van der Waals surface area contributed by atoms with Crippen LogP contribution in [0.4, 0.5) is 0 Å². The van der Waals surface area contributed by atoms with Crippen molar-refractivity contribution in [3.63, 3.8) is 0 Å². The molecule has 0 saturated heterocycles. The molecule has 14 heavy (non-hydrogen) atoms. The molecule has 0 aliphatic rings. The molecule has 6 heteroatoms. The van der Waals surface area contributed by atoms with Gasteiger partial charge in [0.25, 0.3) is 10.2 Å². The minimum atomic E-state index is -3.43.